The quantitative estimate of drug-likeness (QED) is 0.536. The van der Waals surface area contributed by atoms with E-state index in [-0.39, 0.29) is 17.2 Å². The number of carbonyl (C=O) groups is 1. The summed E-state index contributed by atoms with van der Waals surface area (Å²) < 4.78 is 24.2. The summed E-state index contributed by atoms with van der Waals surface area (Å²) in [5.41, 5.74) is 4.42. The smallest absolute Gasteiger partial charge is 0.230 e. The van der Waals surface area contributed by atoms with Crippen molar-refractivity contribution in [2.24, 2.45) is 0 Å². The van der Waals surface area contributed by atoms with Crippen molar-refractivity contribution < 1.29 is 13.2 Å². The highest BCUT2D eigenvalue weighted by molar-refractivity contribution is 7.90. The zero-order valence-corrected chi connectivity index (χ0v) is 17.4. The molecule has 3 aromatic carbocycles. The number of benzene rings is 3. The average Bonchev–Trinajstić information content (AvgIpc) is 3.27. The second-order valence-corrected chi connectivity index (χ2v) is 10.4. The van der Waals surface area contributed by atoms with Crippen molar-refractivity contribution in [3.05, 3.63) is 65.2 Å². The summed E-state index contributed by atoms with van der Waals surface area (Å²) in [6, 6.07) is 14.9. The summed E-state index contributed by atoms with van der Waals surface area (Å²) in [4.78, 5) is 17.4. The number of sulfone groups is 1. The molecule has 0 spiro atoms. The van der Waals surface area contributed by atoms with Gasteiger partial charge in [0.2, 0.25) is 5.91 Å². The third-order valence-corrected chi connectivity index (χ3v) is 7.36. The number of nitrogens with one attached hydrogen (secondary N) is 1. The number of fused-ring (bicyclic) bond motifs is 2. The van der Waals surface area contributed by atoms with E-state index >= 15 is 0 Å². The van der Waals surface area contributed by atoms with E-state index in [4.69, 9.17) is 0 Å². The highest BCUT2D eigenvalue weighted by Gasteiger charge is 2.19. The van der Waals surface area contributed by atoms with Crippen molar-refractivity contribution >= 4 is 53.2 Å². The summed E-state index contributed by atoms with van der Waals surface area (Å²) in [5, 5.41) is 5.94. The number of aryl methyl sites for hydroxylation is 2. The van der Waals surface area contributed by atoms with E-state index in [1.54, 1.807) is 12.1 Å². The summed E-state index contributed by atoms with van der Waals surface area (Å²) in [6.07, 6.45) is 3.45. The maximum atomic E-state index is 12.5. The second kappa shape index (κ2) is 6.64. The molecule has 1 N–H and O–H groups in total. The number of amides is 1. The van der Waals surface area contributed by atoms with Gasteiger partial charge in [0.05, 0.1) is 21.5 Å². The van der Waals surface area contributed by atoms with Crippen LogP contribution < -0.4 is 5.32 Å². The molecule has 1 aliphatic rings. The predicted molar refractivity (Wildman–Crippen MR) is 116 cm³/mol. The molecule has 1 heterocycles. The topological polar surface area (TPSA) is 76.1 Å². The van der Waals surface area contributed by atoms with Gasteiger partial charge < -0.3 is 5.32 Å². The lowest BCUT2D eigenvalue weighted by Crippen LogP contribution is -2.14. The zero-order valence-electron chi connectivity index (χ0n) is 15.7. The van der Waals surface area contributed by atoms with Gasteiger partial charge in [-0.25, -0.2) is 13.4 Å². The first-order valence-corrected chi connectivity index (χ1v) is 12.0. The van der Waals surface area contributed by atoms with Crippen LogP contribution in [0.3, 0.4) is 0 Å². The van der Waals surface area contributed by atoms with Gasteiger partial charge in [0.1, 0.15) is 0 Å². The van der Waals surface area contributed by atoms with Crippen molar-refractivity contribution in [2.75, 3.05) is 11.6 Å². The van der Waals surface area contributed by atoms with Gasteiger partial charge in [-0.2, -0.15) is 0 Å². The molecule has 7 heteroatoms. The van der Waals surface area contributed by atoms with Crippen LogP contribution >= 0.6 is 11.3 Å². The van der Waals surface area contributed by atoms with E-state index in [0.717, 1.165) is 34.0 Å². The molecule has 4 aromatic rings. The molecule has 1 amide bonds. The molecule has 0 saturated heterocycles. The van der Waals surface area contributed by atoms with Crippen molar-refractivity contribution in [1.29, 1.82) is 0 Å². The number of nitrogens with zero attached hydrogens (tertiary/aromatic N) is 1. The lowest BCUT2D eigenvalue weighted by molar-refractivity contribution is -0.115. The van der Waals surface area contributed by atoms with Crippen LogP contribution in [0.5, 0.6) is 0 Å². The number of thiazole rings is 1. The first-order valence-electron chi connectivity index (χ1n) is 9.31. The molecule has 1 aliphatic carbocycles. The Morgan fingerprint density at radius 3 is 2.62 bits per heavy atom. The Kier molecular flexibility index (Phi) is 4.18. The number of hydrogen-bond acceptors (Lipinski definition) is 5. The average molecular weight is 423 g/mol. The lowest BCUT2D eigenvalue weighted by Gasteiger charge is -2.03. The van der Waals surface area contributed by atoms with E-state index in [2.05, 4.69) is 34.6 Å². The van der Waals surface area contributed by atoms with Crippen molar-refractivity contribution in [1.82, 2.24) is 4.98 Å². The Hall–Kier alpha value is -2.77. The molecule has 0 atom stereocenters. The normalized spacial score (nSPS) is 13.3. The van der Waals surface area contributed by atoms with E-state index < -0.39 is 9.84 Å². The second-order valence-electron chi connectivity index (χ2n) is 7.38. The SMILES string of the molecule is CS(=O)(=O)c1ccc(CC(=O)Nc2nc3c(cc4c5c(cccc53)CC4)s2)cc1. The molecular formula is C22H18N2O3S2. The molecular weight excluding hydrogens is 404 g/mol. The van der Waals surface area contributed by atoms with Crippen LogP contribution in [0.25, 0.3) is 21.0 Å². The number of rotatable bonds is 4. The molecule has 0 bridgehead atoms. The first kappa shape index (κ1) is 18.3. The Labute approximate surface area is 172 Å². The van der Waals surface area contributed by atoms with Gasteiger partial charge in [-0.15, -0.1) is 0 Å². The lowest BCUT2D eigenvalue weighted by atomic mass is 10.0. The Bertz CT molecular complexity index is 1390. The molecule has 0 aliphatic heterocycles. The van der Waals surface area contributed by atoms with Crippen molar-refractivity contribution in [3.63, 3.8) is 0 Å². The minimum atomic E-state index is -3.24. The van der Waals surface area contributed by atoms with Gasteiger partial charge in [0, 0.05) is 11.6 Å². The third kappa shape index (κ3) is 3.30. The van der Waals surface area contributed by atoms with E-state index in [9.17, 15) is 13.2 Å². The highest BCUT2D eigenvalue weighted by atomic mass is 32.2. The van der Waals surface area contributed by atoms with Crippen LogP contribution in [-0.4, -0.2) is 25.6 Å². The largest absolute Gasteiger partial charge is 0.302 e. The summed E-state index contributed by atoms with van der Waals surface area (Å²) in [7, 11) is -3.24. The summed E-state index contributed by atoms with van der Waals surface area (Å²) in [6.45, 7) is 0. The minimum absolute atomic E-state index is 0.163. The maximum absolute atomic E-state index is 12.5. The van der Waals surface area contributed by atoms with Gasteiger partial charge in [-0.3, -0.25) is 4.79 Å². The molecule has 0 unspecified atom stereocenters. The van der Waals surface area contributed by atoms with Gasteiger partial charge in [-0.05, 0) is 53.1 Å². The van der Waals surface area contributed by atoms with E-state index in [1.165, 1.54) is 46.2 Å². The van der Waals surface area contributed by atoms with Crippen LogP contribution in [0.4, 0.5) is 5.13 Å². The predicted octanol–water partition coefficient (Wildman–Crippen LogP) is 4.13. The maximum Gasteiger partial charge on any atom is 0.230 e. The van der Waals surface area contributed by atoms with E-state index in [1.807, 2.05) is 0 Å². The zero-order chi connectivity index (χ0) is 20.2. The third-order valence-electron chi connectivity index (χ3n) is 5.31. The first-order chi connectivity index (χ1) is 13.9. The van der Waals surface area contributed by atoms with Crippen LogP contribution in [0, 0.1) is 0 Å². The van der Waals surface area contributed by atoms with Crippen molar-refractivity contribution in [3.8, 4) is 0 Å². The van der Waals surface area contributed by atoms with Crippen molar-refractivity contribution in [2.45, 2.75) is 24.2 Å². The standard InChI is InChI=1S/C22H18N2O3S2/c1-29(26,27)16-9-5-13(6-10-16)11-19(25)23-22-24-21-17-4-2-3-14-7-8-15(20(14)17)12-18(21)28-22/h2-6,9-10,12H,7-8,11H2,1H3,(H,23,24,25). The molecule has 5 rings (SSSR count). The fourth-order valence-corrected chi connectivity index (χ4v) is 5.56. The Balaban J connectivity index is 1.40. The fraction of sp³-hybridized carbons (Fsp3) is 0.182. The number of carbonyl (C=O) groups excluding carboxylic acids is 1. The molecule has 1 aromatic heterocycles. The number of aromatic nitrogens is 1. The molecule has 0 fully saturated rings. The van der Waals surface area contributed by atoms with Crippen LogP contribution in [0.2, 0.25) is 0 Å². The van der Waals surface area contributed by atoms with Crippen LogP contribution in [0.15, 0.2) is 53.4 Å². The van der Waals surface area contributed by atoms with Crippen LogP contribution in [0.1, 0.15) is 16.7 Å². The van der Waals surface area contributed by atoms with Gasteiger partial charge >= 0.3 is 0 Å². The Morgan fingerprint density at radius 1 is 1.10 bits per heavy atom. The highest BCUT2D eigenvalue weighted by Crippen LogP contribution is 2.39. The van der Waals surface area contributed by atoms with Gasteiger partial charge in [-0.1, -0.05) is 41.7 Å². The molecule has 5 nitrogen and oxygen atoms in total. The Morgan fingerprint density at radius 2 is 1.86 bits per heavy atom. The molecule has 29 heavy (non-hydrogen) atoms. The van der Waals surface area contributed by atoms with E-state index in [0.29, 0.717) is 5.13 Å². The van der Waals surface area contributed by atoms with Crippen LogP contribution in [-0.2, 0) is 33.9 Å². The van der Waals surface area contributed by atoms with Gasteiger partial charge in [0.15, 0.2) is 15.0 Å². The summed E-state index contributed by atoms with van der Waals surface area (Å²) >= 11 is 1.49. The summed E-state index contributed by atoms with van der Waals surface area (Å²) in [5.74, 6) is -0.173. The van der Waals surface area contributed by atoms with Gasteiger partial charge in [0.25, 0.3) is 0 Å². The minimum Gasteiger partial charge on any atom is -0.302 e. The molecule has 146 valence electrons. The monoisotopic (exact) mass is 422 g/mol. The number of hydrogen-bond donors (Lipinski definition) is 1. The number of anilines is 1. The fourth-order valence-electron chi connectivity index (χ4n) is 3.96. The molecule has 0 radical (unpaired) electrons. The molecule has 0 saturated carbocycles.